The fraction of sp³-hybridized carbons (Fsp3) is 0.417. The summed E-state index contributed by atoms with van der Waals surface area (Å²) in [6.07, 6.45) is 5.65. The van der Waals surface area contributed by atoms with E-state index in [2.05, 4.69) is 15.5 Å². The topological polar surface area (TPSA) is 64.7 Å². The summed E-state index contributed by atoms with van der Waals surface area (Å²) in [5, 5.41) is 5.78. The monoisotopic (exact) mass is 406 g/mol. The zero-order chi connectivity index (χ0) is 20.9. The molecule has 2 aliphatic heterocycles. The molecule has 0 radical (unpaired) electrons. The van der Waals surface area contributed by atoms with E-state index >= 15 is 0 Å². The van der Waals surface area contributed by atoms with Gasteiger partial charge < -0.3 is 20.4 Å². The molecule has 2 aromatic rings. The fourth-order valence-corrected chi connectivity index (χ4v) is 4.28. The third-order valence-corrected chi connectivity index (χ3v) is 5.97. The number of nitrogens with zero attached hydrogens (tertiary/aromatic N) is 2. The Morgan fingerprint density at radius 3 is 2.27 bits per heavy atom. The van der Waals surface area contributed by atoms with E-state index in [0.717, 1.165) is 68.8 Å². The quantitative estimate of drug-likeness (QED) is 0.762. The largest absolute Gasteiger partial charge is 0.371 e. The number of carbonyl (C=O) groups excluding carboxylic acids is 2. The van der Waals surface area contributed by atoms with Gasteiger partial charge in [0, 0.05) is 43.2 Å². The summed E-state index contributed by atoms with van der Waals surface area (Å²) < 4.78 is 0. The van der Waals surface area contributed by atoms with Crippen molar-refractivity contribution in [1.82, 2.24) is 4.90 Å². The molecule has 4 rings (SSSR count). The van der Waals surface area contributed by atoms with Crippen LogP contribution in [0.25, 0.3) is 0 Å². The van der Waals surface area contributed by atoms with Crippen LogP contribution in [0.5, 0.6) is 0 Å². The van der Waals surface area contributed by atoms with E-state index in [1.807, 2.05) is 54.3 Å². The number of urea groups is 1. The highest BCUT2D eigenvalue weighted by Crippen LogP contribution is 2.29. The number of nitrogens with one attached hydrogen (secondary N) is 2. The molecule has 6 nitrogen and oxygen atoms in total. The third kappa shape index (κ3) is 4.58. The molecule has 2 N–H and O–H groups in total. The molecular weight excluding hydrogens is 376 g/mol. The van der Waals surface area contributed by atoms with Gasteiger partial charge in [0.1, 0.15) is 0 Å². The van der Waals surface area contributed by atoms with Crippen LogP contribution < -0.4 is 15.5 Å². The van der Waals surface area contributed by atoms with E-state index in [1.54, 1.807) is 0 Å². The average molecular weight is 407 g/mol. The zero-order valence-electron chi connectivity index (χ0n) is 17.6. The maximum Gasteiger partial charge on any atom is 0.323 e. The van der Waals surface area contributed by atoms with Gasteiger partial charge in [-0.3, -0.25) is 4.79 Å². The molecule has 0 saturated carbocycles. The maximum atomic E-state index is 13.3. The molecule has 2 heterocycles. The van der Waals surface area contributed by atoms with Crippen LogP contribution in [-0.2, 0) is 0 Å². The summed E-state index contributed by atoms with van der Waals surface area (Å²) in [6, 6.07) is 13.1. The Balaban J connectivity index is 1.56. The van der Waals surface area contributed by atoms with E-state index in [1.165, 1.54) is 6.42 Å². The van der Waals surface area contributed by atoms with E-state index in [-0.39, 0.29) is 11.9 Å². The Hall–Kier alpha value is -3.02. The molecule has 0 spiro atoms. The Morgan fingerprint density at radius 2 is 1.53 bits per heavy atom. The minimum atomic E-state index is -0.311. The van der Waals surface area contributed by atoms with Gasteiger partial charge in [0.05, 0.1) is 5.56 Å². The molecule has 0 bridgehead atoms. The van der Waals surface area contributed by atoms with Crippen LogP contribution in [0.1, 0.15) is 48.0 Å². The number of rotatable bonds is 4. The first-order chi connectivity index (χ1) is 14.6. The summed E-state index contributed by atoms with van der Waals surface area (Å²) in [7, 11) is 0. The average Bonchev–Trinajstić information content (AvgIpc) is 3.30. The number of benzene rings is 2. The maximum absolute atomic E-state index is 13.3. The molecule has 0 unspecified atom stereocenters. The predicted octanol–water partition coefficient (Wildman–Crippen LogP) is 4.87. The number of carbonyl (C=O) groups is 2. The standard InChI is InChI=1S/C24H30N4O2/c1-18-9-3-4-10-21(18)26-24(30)25-19-11-12-22(27-13-5-2-6-14-27)20(17-19)23(29)28-15-7-8-16-28/h3-4,9-12,17H,2,5-8,13-16H2,1H3,(H2,25,26,30). The first kappa shape index (κ1) is 20.3. The van der Waals surface area contributed by atoms with Crippen molar-refractivity contribution in [3.8, 4) is 0 Å². The van der Waals surface area contributed by atoms with Gasteiger partial charge in [-0.25, -0.2) is 4.79 Å². The van der Waals surface area contributed by atoms with Crippen LogP contribution >= 0.6 is 0 Å². The van der Waals surface area contributed by atoms with E-state index in [9.17, 15) is 9.59 Å². The number of aryl methyl sites for hydroxylation is 1. The lowest BCUT2D eigenvalue weighted by Crippen LogP contribution is -2.34. The Labute approximate surface area is 178 Å². The molecule has 6 heteroatoms. The summed E-state index contributed by atoms with van der Waals surface area (Å²) >= 11 is 0. The van der Waals surface area contributed by atoms with Crippen LogP contribution in [0.2, 0.25) is 0 Å². The van der Waals surface area contributed by atoms with Gasteiger partial charge in [0.15, 0.2) is 0 Å². The van der Waals surface area contributed by atoms with Gasteiger partial charge in [0.25, 0.3) is 5.91 Å². The minimum Gasteiger partial charge on any atom is -0.371 e. The number of amides is 3. The van der Waals surface area contributed by atoms with Crippen molar-refractivity contribution >= 4 is 29.0 Å². The molecule has 2 saturated heterocycles. The van der Waals surface area contributed by atoms with Crippen molar-refractivity contribution in [2.24, 2.45) is 0 Å². The van der Waals surface area contributed by atoms with Crippen molar-refractivity contribution in [3.05, 3.63) is 53.6 Å². The molecule has 30 heavy (non-hydrogen) atoms. The number of para-hydroxylation sites is 1. The van der Waals surface area contributed by atoms with Crippen molar-refractivity contribution in [1.29, 1.82) is 0 Å². The van der Waals surface area contributed by atoms with Gasteiger partial charge in [-0.15, -0.1) is 0 Å². The summed E-state index contributed by atoms with van der Waals surface area (Å²) in [4.78, 5) is 30.0. The molecule has 0 aliphatic carbocycles. The van der Waals surface area contributed by atoms with Gasteiger partial charge in [0.2, 0.25) is 0 Å². The van der Waals surface area contributed by atoms with Crippen molar-refractivity contribution < 1.29 is 9.59 Å². The molecule has 0 atom stereocenters. The lowest BCUT2D eigenvalue weighted by molar-refractivity contribution is 0.0793. The molecule has 2 aliphatic rings. The molecule has 158 valence electrons. The molecule has 3 amide bonds. The molecule has 2 aromatic carbocycles. The Morgan fingerprint density at radius 1 is 0.833 bits per heavy atom. The van der Waals surface area contributed by atoms with Gasteiger partial charge in [-0.2, -0.15) is 0 Å². The second-order valence-corrected chi connectivity index (χ2v) is 8.17. The SMILES string of the molecule is Cc1ccccc1NC(=O)Nc1ccc(N2CCCCC2)c(C(=O)N2CCCC2)c1. The number of hydrogen-bond donors (Lipinski definition) is 2. The smallest absolute Gasteiger partial charge is 0.323 e. The summed E-state index contributed by atoms with van der Waals surface area (Å²) in [6.45, 7) is 5.52. The van der Waals surface area contributed by atoms with Crippen molar-refractivity contribution in [2.45, 2.75) is 39.0 Å². The molecule has 2 fully saturated rings. The van der Waals surface area contributed by atoms with Crippen LogP contribution in [0.4, 0.5) is 21.9 Å². The number of anilines is 3. The number of hydrogen-bond acceptors (Lipinski definition) is 3. The zero-order valence-corrected chi connectivity index (χ0v) is 17.6. The summed E-state index contributed by atoms with van der Waals surface area (Å²) in [5.41, 5.74) is 4.07. The van der Waals surface area contributed by atoms with E-state index < -0.39 is 0 Å². The van der Waals surface area contributed by atoms with Gasteiger partial charge in [-0.1, -0.05) is 18.2 Å². The molecule has 0 aromatic heterocycles. The van der Waals surface area contributed by atoms with E-state index in [4.69, 9.17) is 0 Å². The van der Waals surface area contributed by atoms with Gasteiger partial charge >= 0.3 is 6.03 Å². The highest BCUT2D eigenvalue weighted by atomic mass is 16.2. The first-order valence-electron chi connectivity index (χ1n) is 10.9. The number of likely N-dealkylation sites (tertiary alicyclic amines) is 1. The highest BCUT2D eigenvalue weighted by molar-refractivity contribution is 6.04. The van der Waals surface area contributed by atoms with Gasteiger partial charge in [-0.05, 0) is 68.9 Å². The Kier molecular flexibility index (Phi) is 6.21. The van der Waals surface area contributed by atoms with Crippen molar-refractivity contribution in [2.75, 3.05) is 41.7 Å². The third-order valence-electron chi connectivity index (χ3n) is 5.97. The van der Waals surface area contributed by atoms with Crippen molar-refractivity contribution in [3.63, 3.8) is 0 Å². The second kappa shape index (κ2) is 9.20. The fourth-order valence-electron chi connectivity index (χ4n) is 4.28. The highest BCUT2D eigenvalue weighted by Gasteiger charge is 2.25. The van der Waals surface area contributed by atoms with E-state index in [0.29, 0.717) is 11.3 Å². The lowest BCUT2D eigenvalue weighted by Gasteiger charge is -2.31. The van der Waals surface area contributed by atoms with Crippen LogP contribution in [0, 0.1) is 6.92 Å². The lowest BCUT2D eigenvalue weighted by atomic mass is 10.1. The van der Waals surface area contributed by atoms with Crippen LogP contribution in [-0.4, -0.2) is 43.0 Å². The second-order valence-electron chi connectivity index (χ2n) is 8.17. The first-order valence-corrected chi connectivity index (χ1v) is 10.9. The predicted molar refractivity (Wildman–Crippen MR) is 121 cm³/mol. The molecular formula is C24H30N4O2. The van der Waals surface area contributed by atoms with Crippen LogP contribution in [0.15, 0.2) is 42.5 Å². The van der Waals surface area contributed by atoms with Crippen LogP contribution in [0.3, 0.4) is 0 Å². The minimum absolute atomic E-state index is 0.0658. The Bertz CT molecular complexity index is 915. The summed E-state index contributed by atoms with van der Waals surface area (Å²) in [5.74, 6) is 0.0658. The number of piperidine rings is 1. The normalized spacial score (nSPS) is 16.4.